The van der Waals surface area contributed by atoms with Crippen LogP contribution in [-0.4, -0.2) is 4.57 Å². The van der Waals surface area contributed by atoms with E-state index in [4.69, 9.17) is 11.6 Å². The topological polar surface area (TPSA) is 4.93 Å². The molecule has 19 heavy (non-hydrogen) atoms. The van der Waals surface area contributed by atoms with Crippen LogP contribution in [0.4, 0.5) is 8.78 Å². The van der Waals surface area contributed by atoms with E-state index in [-0.39, 0.29) is 11.6 Å². The minimum atomic E-state index is -0.331. The molecule has 3 rings (SSSR count). The highest BCUT2D eigenvalue weighted by atomic mass is 35.5. The maximum atomic E-state index is 13.3. The standard InChI is InChI=1S/C15H10ClF2N/c16-14-4-3-12(17)7-11(14)9-19-6-5-10-1-2-13(18)8-15(10)19/h1-8H,9H2. The highest BCUT2D eigenvalue weighted by Crippen LogP contribution is 2.22. The van der Waals surface area contributed by atoms with E-state index < -0.39 is 0 Å². The van der Waals surface area contributed by atoms with Crippen molar-refractivity contribution in [1.29, 1.82) is 0 Å². The summed E-state index contributed by atoms with van der Waals surface area (Å²) in [7, 11) is 0. The molecule has 0 aliphatic carbocycles. The Hall–Kier alpha value is -1.87. The summed E-state index contributed by atoms with van der Waals surface area (Å²) in [4.78, 5) is 0. The molecule has 0 N–H and O–H groups in total. The maximum Gasteiger partial charge on any atom is 0.125 e. The first-order valence-electron chi connectivity index (χ1n) is 5.82. The molecule has 3 aromatic rings. The fourth-order valence-electron chi connectivity index (χ4n) is 2.14. The molecule has 1 nitrogen and oxygen atoms in total. The summed E-state index contributed by atoms with van der Waals surface area (Å²) in [6.07, 6.45) is 1.84. The average molecular weight is 278 g/mol. The lowest BCUT2D eigenvalue weighted by molar-refractivity contribution is 0.623. The van der Waals surface area contributed by atoms with Crippen molar-refractivity contribution in [1.82, 2.24) is 4.57 Å². The van der Waals surface area contributed by atoms with E-state index in [1.807, 2.05) is 16.8 Å². The summed E-state index contributed by atoms with van der Waals surface area (Å²) in [5.41, 5.74) is 1.43. The number of benzene rings is 2. The van der Waals surface area contributed by atoms with Crippen LogP contribution in [0.1, 0.15) is 5.56 Å². The SMILES string of the molecule is Fc1ccc(Cl)c(Cn2ccc3ccc(F)cc32)c1. The van der Waals surface area contributed by atoms with E-state index in [1.165, 1.54) is 30.3 Å². The van der Waals surface area contributed by atoms with Crippen LogP contribution < -0.4 is 0 Å². The van der Waals surface area contributed by atoms with Crippen LogP contribution in [0.2, 0.25) is 5.02 Å². The molecule has 0 aliphatic rings. The van der Waals surface area contributed by atoms with Gasteiger partial charge in [-0.2, -0.15) is 0 Å². The second kappa shape index (κ2) is 4.67. The van der Waals surface area contributed by atoms with E-state index in [2.05, 4.69) is 0 Å². The minimum absolute atomic E-state index is 0.294. The molecule has 0 spiro atoms. The molecular weight excluding hydrogens is 268 g/mol. The largest absolute Gasteiger partial charge is 0.343 e. The summed E-state index contributed by atoms with van der Waals surface area (Å²) < 4.78 is 28.3. The van der Waals surface area contributed by atoms with Crippen LogP contribution in [0.3, 0.4) is 0 Å². The van der Waals surface area contributed by atoms with Crippen molar-refractivity contribution in [2.75, 3.05) is 0 Å². The first-order valence-corrected chi connectivity index (χ1v) is 6.19. The maximum absolute atomic E-state index is 13.3. The molecule has 1 heterocycles. The molecule has 0 unspecified atom stereocenters. The van der Waals surface area contributed by atoms with Gasteiger partial charge in [0.15, 0.2) is 0 Å². The molecule has 96 valence electrons. The third kappa shape index (κ3) is 2.34. The van der Waals surface area contributed by atoms with Crippen LogP contribution in [0.5, 0.6) is 0 Å². The Labute approximate surface area is 114 Å². The summed E-state index contributed by atoms with van der Waals surface area (Å²) in [6, 6.07) is 10.7. The van der Waals surface area contributed by atoms with Crippen molar-refractivity contribution >= 4 is 22.5 Å². The van der Waals surface area contributed by atoms with E-state index in [9.17, 15) is 8.78 Å². The number of fused-ring (bicyclic) bond motifs is 1. The number of hydrogen-bond acceptors (Lipinski definition) is 0. The Kier molecular flexibility index (Phi) is 2.99. The predicted octanol–water partition coefficient (Wildman–Crippen LogP) is 4.62. The van der Waals surface area contributed by atoms with Gasteiger partial charge in [-0.3, -0.25) is 0 Å². The van der Waals surface area contributed by atoms with Gasteiger partial charge >= 0.3 is 0 Å². The highest BCUT2D eigenvalue weighted by Gasteiger charge is 2.06. The average Bonchev–Trinajstić information content (AvgIpc) is 2.77. The molecule has 2 aromatic carbocycles. The quantitative estimate of drug-likeness (QED) is 0.644. The molecule has 0 aliphatic heterocycles. The lowest BCUT2D eigenvalue weighted by Gasteiger charge is -2.08. The summed E-state index contributed by atoms with van der Waals surface area (Å²) >= 11 is 6.04. The molecule has 0 saturated carbocycles. The summed E-state index contributed by atoms with van der Waals surface area (Å²) in [5, 5.41) is 1.44. The van der Waals surface area contributed by atoms with E-state index >= 15 is 0 Å². The smallest absolute Gasteiger partial charge is 0.125 e. The molecule has 4 heteroatoms. The van der Waals surface area contributed by atoms with Gasteiger partial charge in [-0.15, -0.1) is 0 Å². The van der Waals surface area contributed by atoms with Crippen molar-refractivity contribution in [3.63, 3.8) is 0 Å². The summed E-state index contributed by atoms with van der Waals surface area (Å²) in [6.45, 7) is 0.406. The monoisotopic (exact) mass is 277 g/mol. The van der Waals surface area contributed by atoms with Crippen LogP contribution in [0.25, 0.3) is 10.9 Å². The van der Waals surface area contributed by atoms with E-state index in [0.717, 1.165) is 10.9 Å². The van der Waals surface area contributed by atoms with E-state index in [0.29, 0.717) is 17.1 Å². The Morgan fingerprint density at radius 3 is 2.53 bits per heavy atom. The van der Waals surface area contributed by atoms with Crippen molar-refractivity contribution in [2.24, 2.45) is 0 Å². The predicted molar refractivity (Wildman–Crippen MR) is 72.4 cm³/mol. The van der Waals surface area contributed by atoms with Gasteiger partial charge in [-0.1, -0.05) is 11.6 Å². The van der Waals surface area contributed by atoms with Crippen LogP contribution in [0, 0.1) is 11.6 Å². The lowest BCUT2D eigenvalue weighted by atomic mass is 10.2. The molecule has 0 amide bonds. The van der Waals surface area contributed by atoms with Crippen LogP contribution >= 0.6 is 11.6 Å². The Morgan fingerprint density at radius 1 is 0.947 bits per heavy atom. The Bertz CT molecular complexity index is 749. The Morgan fingerprint density at radius 2 is 1.68 bits per heavy atom. The van der Waals surface area contributed by atoms with E-state index in [1.54, 1.807) is 6.07 Å². The van der Waals surface area contributed by atoms with Gasteiger partial charge in [-0.25, -0.2) is 8.78 Å². The van der Waals surface area contributed by atoms with Crippen LogP contribution in [0.15, 0.2) is 48.7 Å². The summed E-state index contributed by atoms with van der Waals surface area (Å²) in [5.74, 6) is -0.625. The van der Waals surface area contributed by atoms with Crippen LogP contribution in [-0.2, 0) is 6.54 Å². The molecule has 0 atom stereocenters. The fourth-order valence-corrected chi connectivity index (χ4v) is 2.32. The minimum Gasteiger partial charge on any atom is -0.343 e. The number of aromatic nitrogens is 1. The highest BCUT2D eigenvalue weighted by molar-refractivity contribution is 6.31. The second-order valence-corrected chi connectivity index (χ2v) is 4.79. The molecular formula is C15H10ClF2N. The number of nitrogens with zero attached hydrogens (tertiary/aromatic N) is 1. The third-order valence-corrected chi connectivity index (χ3v) is 3.45. The molecule has 0 bridgehead atoms. The molecule has 0 fully saturated rings. The zero-order chi connectivity index (χ0) is 13.4. The van der Waals surface area contributed by atoms with Gasteiger partial charge < -0.3 is 4.57 Å². The van der Waals surface area contributed by atoms with Gasteiger partial charge in [0.2, 0.25) is 0 Å². The van der Waals surface area contributed by atoms with Crippen molar-refractivity contribution in [3.05, 3.63) is 70.9 Å². The van der Waals surface area contributed by atoms with Gasteiger partial charge in [0.05, 0.1) is 5.52 Å². The first-order chi connectivity index (χ1) is 9.13. The second-order valence-electron chi connectivity index (χ2n) is 4.38. The molecule has 0 saturated heterocycles. The van der Waals surface area contributed by atoms with Gasteiger partial charge in [0.1, 0.15) is 11.6 Å². The molecule has 0 radical (unpaired) electrons. The lowest BCUT2D eigenvalue weighted by Crippen LogP contribution is -1.99. The first kappa shape index (κ1) is 12.2. The number of hydrogen-bond donors (Lipinski definition) is 0. The fraction of sp³-hybridized carbons (Fsp3) is 0.0667. The molecule has 1 aromatic heterocycles. The van der Waals surface area contributed by atoms with Gasteiger partial charge in [0, 0.05) is 17.8 Å². The number of rotatable bonds is 2. The number of halogens is 3. The normalized spacial score (nSPS) is 11.1. The van der Waals surface area contributed by atoms with Crippen molar-refractivity contribution in [2.45, 2.75) is 6.54 Å². The zero-order valence-electron chi connectivity index (χ0n) is 9.91. The Balaban J connectivity index is 2.05. The zero-order valence-corrected chi connectivity index (χ0v) is 10.7. The van der Waals surface area contributed by atoms with Crippen molar-refractivity contribution in [3.8, 4) is 0 Å². The van der Waals surface area contributed by atoms with Gasteiger partial charge in [-0.05, 0) is 53.4 Å². The third-order valence-electron chi connectivity index (χ3n) is 3.08. The van der Waals surface area contributed by atoms with Gasteiger partial charge in [0.25, 0.3) is 0 Å². The van der Waals surface area contributed by atoms with Crippen molar-refractivity contribution < 1.29 is 8.78 Å².